The van der Waals surface area contributed by atoms with E-state index >= 15 is 0 Å². The zero-order valence-electron chi connectivity index (χ0n) is 13.7. The summed E-state index contributed by atoms with van der Waals surface area (Å²) in [5.74, 6) is -1.09. The molecule has 1 heterocycles. The summed E-state index contributed by atoms with van der Waals surface area (Å²) in [6.07, 6.45) is -0.892. The topological polar surface area (TPSA) is 140 Å². The van der Waals surface area contributed by atoms with Crippen molar-refractivity contribution in [3.8, 4) is 0 Å². The van der Waals surface area contributed by atoms with E-state index in [2.05, 4.69) is 5.32 Å². The van der Waals surface area contributed by atoms with E-state index in [9.17, 15) is 24.9 Å². The van der Waals surface area contributed by atoms with Gasteiger partial charge in [0.2, 0.25) is 0 Å². The summed E-state index contributed by atoms with van der Waals surface area (Å²) in [6, 6.07) is 0. The maximum Gasteiger partial charge on any atom is 0.410 e. The number of aliphatic carboxylic acids is 1. The van der Waals surface area contributed by atoms with Gasteiger partial charge in [-0.05, 0) is 20.8 Å². The molecular weight excluding hydrogens is 308 g/mol. The van der Waals surface area contributed by atoms with Crippen molar-refractivity contribution in [2.45, 2.75) is 43.9 Å². The van der Waals surface area contributed by atoms with Gasteiger partial charge in [-0.2, -0.15) is 0 Å². The van der Waals surface area contributed by atoms with Gasteiger partial charge in [-0.1, -0.05) is 0 Å². The van der Waals surface area contributed by atoms with Gasteiger partial charge in [0.1, 0.15) is 5.60 Å². The number of rotatable bonds is 7. The molecule has 0 bridgehead atoms. The number of carbonyl (C=O) groups is 2. The zero-order valence-corrected chi connectivity index (χ0v) is 13.7. The number of hydrogen-bond donors (Lipinski definition) is 5. The largest absolute Gasteiger partial charge is 0.481 e. The first-order chi connectivity index (χ1) is 10.5. The first kappa shape index (κ1) is 19.6. The summed E-state index contributed by atoms with van der Waals surface area (Å²) in [6.45, 7) is 3.52. The molecule has 1 aliphatic heterocycles. The predicted molar refractivity (Wildman–Crippen MR) is 79.9 cm³/mol. The van der Waals surface area contributed by atoms with E-state index in [1.54, 1.807) is 20.8 Å². The first-order valence-corrected chi connectivity index (χ1v) is 7.32. The van der Waals surface area contributed by atoms with Gasteiger partial charge in [0.05, 0.1) is 37.3 Å². The second-order valence-corrected chi connectivity index (χ2v) is 7.07. The van der Waals surface area contributed by atoms with E-state index in [1.165, 1.54) is 4.90 Å². The Balaban J connectivity index is 2.81. The van der Waals surface area contributed by atoms with Crippen LogP contribution in [0, 0.1) is 0 Å². The van der Waals surface area contributed by atoms with Gasteiger partial charge >= 0.3 is 12.1 Å². The van der Waals surface area contributed by atoms with E-state index in [-0.39, 0.29) is 19.5 Å². The highest BCUT2D eigenvalue weighted by Crippen LogP contribution is 2.29. The van der Waals surface area contributed by atoms with Crippen molar-refractivity contribution in [3.05, 3.63) is 0 Å². The van der Waals surface area contributed by atoms with Crippen LogP contribution in [0.2, 0.25) is 0 Å². The fraction of sp³-hybridized carbons (Fsp3) is 0.857. The second-order valence-electron chi connectivity index (χ2n) is 7.07. The van der Waals surface area contributed by atoms with Crippen molar-refractivity contribution < 1.29 is 34.8 Å². The molecule has 0 aromatic heterocycles. The molecule has 0 aliphatic carbocycles. The lowest BCUT2D eigenvalue weighted by Gasteiger charge is -2.53. The van der Waals surface area contributed by atoms with Gasteiger partial charge < -0.3 is 30.1 Å². The average molecular weight is 334 g/mol. The first-order valence-electron chi connectivity index (χ1n) is 7.32. The third kappa shape index (κ3) is 5.03. The quantitative estimate of drug-likeness (QED) is 0.389. The van der Waals surface area contributed by atoms with Crippen molar-refractivity contribution in [2.75, 3.05) is 32.9 Å². The Morgan fingerprint density at radius 2 is 1.61 bits per heavy atom. The molecule has 134 valence electrons. The summed E-state index contributed by atoms with van der Waals surface area (Å²) in [7, 11) is 0. The van der Waals surface area contributed by atoms with Crippen molar-refractivity contribution in [3.63, 3.8) is 0 Å². The Morgan fingerprint density at radius 3 is 1.96 bits per heavy atom. The molecule has 0 radical (unpaired) electrons. The molecular formula is C14H26N2O7. The summed E-state index contributed by atoms with van der Waals surface area (Å²) >= 11 is 0. The predicted octanol–water partition coefficient (Wildman–Crippen LogP) is -1.24. The molecule has 0 aromatic rings. The molecule has 1 rings (SSSR count). The normalized spacial score (nSPS) is 17.6. The number of nitrogens with zero attached hydrogens (tertiary/aromatic N) is 1. The van der Waals surface area contributed by atoms with Gasteiger partial charge in [0.15, 0.2) is 0 Å². The van der Waals surface area contributed by atoms with Gasteiger partial charge in [0, 0.05) is 13.1 Å². The number of aliphatic hydroxyl groups is 3. The zero-order chi connectivity index (χ0) is 17.9. The Bertz CT molecular complexity index is 429. The van der Waals surface area contributed by atoms with Crippen LogP contribution in [0.5, 0.6) is 0 Å². The molecule has 0 unspecified atom stereocenters. The molecule has 0 saturated carbocycles. The average Bonchev–Trinajstić information content (AvgIpc) is 2.39. The highest BCUT2D eigenvalue weighted by molar-refractivity contribution is 5.73. The van der Waals surface area contributed by atoms with Crippen molar-refractivity contribution in [1.82, 2.24) is 10.2 Å². The molecule has 0 aromatic carbocycles. The van der Waals surface area contributed by atoms with E-state index in [1.807, 2.05) is 0 Å². The minimum atomic E-state index is -1.42. The highest BCUT2D eigenvalue weighted by atomic mass is 16.6. The van der Waals surface area contributed by atoms with Gasteiger partial charge in [0.25, 0.3) is 0 Å². The highest BCUT2D eigenvalue weighted by Gasteiger charge is 2.51. The molecule has 1 aliphatic rings. The Hall–Kier alpha value is -1.42. The van der Waals surface area contributed by atoms with Crippen LogP contribution in [0.25, 0.3) is 0 Å². The van der Waals surface area contributed by atoms with Gasteiger partial charge in [-0.25, -0.2) is 4.79 Å². The van der Waals surface area contributed by atoms with Crippen LogP contribution in [-0.4, -0.2) is 87.0 Å². The number of nitrogens with one attached hydrogen (secondary N) is 1. The van der Waals surface area contributed by atoms with E-state index in [0.29, 0.717) is 0 Å². The third-order valence-electron chi connectivity index (χ3n) is 3.57. The molecule has 9 nitrogen and oxygen atoms in total. The molecule has 0 atom stereocenters. The van der Waals surface area contributed by atoms with Crippen LogP contribution < -0.4 is 5.32 Å². The van der Waals surface area contributed by atoms with Crippen molar-refractivity contribution in [1.29, 1.82) is 0 Å². The van der Waals surface area contributed by atoms with Crippen molar-refractivity contribution >= 4 is 12.1 Å². The molecule has 0 spiro atoms. The monoisotopic (exact) mass is 334 g/mol. The Morgan fingerprint density at radius 1 is 1.13 bits per heavy atom. The minimum Gasteiger partial charge on any atom is -0.481 e. The second kappa shape index (κ2) is 7.00. The van der Waals surface area contributed by atoms with Gasteiger partial charge in [-0.15, -0.1) is 0 Å². The molecule has 5 N–H and O–H groups in total. The number of aliphatic hydroxyl groups excluding tert-OH is 3. The maximum atomic E-state index is 12.0. The summed E-state index contributed by atoms with van der Waals surface area (Å²) in [5.41, 5.74) is -3.13. The Kier molecular flexibility index (Phi) is 5.97. The fourth-order valence-corrected chi connectivity index (χ4v) is 2.50. The molecule has 1 fully saturated rings. The van der Waals surface area contributed by atoms with Crippen LogP contribution in [0.3, 0.4) is 0 Å². The lowest BCUT2D eigenvalue weighted by Crippen LogP contribution is -2.77. The fourth-order valence-electron chi connectivity index (χ4n) is 2.50. The lowest BCUT2D eigenvalue weighted by atomic mass is 9.83. The number of ether oxygens (including phenoxy) is 1. The number of carbonyl (C=O) groups excluding carboxylic acids is 1. The maximum absolute atomic E-state index is 12.0. The summed E-state index contributed by atoms with van der Waals surface area (Å²) in [5, 5.41) is 40.1. The number of hydrogen-bond acceptors (Lipinski definition) is 7. The standard InChI is InChI=1S/C14H26N2O7/c1-12(2,3)23-11(22)16-5-13(6-16,4-10(20)21)15-14(7-17,8-18)9-19/h15,17-19H,4-9H2,1-3H3,(H,20,21). The molecule has 9 heteroatoms. The van der Waals surface area contributed by atoms with E-state index in [4.69, 9.17) is 9.84 Å². The number of carboxylic acid groups (broad SMARTS) is 1. The summed E-state index contributed by atoms with van der Waals surface area (Å²) < 4.78 is 5.21. The van der Waals surface area contributed by atoms with E-state index in [0.717, 1.165) is 0 Å². The smallest absolute Gasteiger partial charge is 0.410 e. The number of carboxylic acids is 1. The SMILES string of the molecule is CC(C)(C)OC(=O)N1CC(CC(=O)O)(NC(CO)(CO)CO)C1. The van der Waals surface area contributed by atoms with Crippen LogP contribution in [0.15, 0.2) is 0 Å². The minimum absolute atomic E-state index is 0.0377. The lowest BCUT2D eigenvalue weighted by molar-refractivity contribution is -0.142. The third-order valence-corrected chi connectivity index (χ3v) is 3.57. The molecule has 23 heavy (non-hydrogen) atoms. The van der Waals surface area contributed by atoms with Crippen LogP contribution in [-0.2, 0) is 9.53 Å². The number of likely N-dealkylation sites (tertiary alicyclic amines) is 1. The Labute approximate surface area is 134 Å². The molecule has 1 saturated heterocycles. The van der Waals surface area contributed by atoms with E-state index < -0.39 is 48.6 Å². The molecule has 1 amide bonds. The number of amides is 1. The van der Waals surface area contributed by atoms with Gasteiger partial charge in [-0.3, -0.25) is 10.1 Å². The summed E-state index contributed by atoms with van der Waals surface area (Å²) in [4.78, 5) is 24.4. The van der Waals surface area contributed by atoms with Crippen LogP contribution in [0.1, 0.15) is 27.2 Å². The van der Waals surface area contributed by atoms with Crippen LogP contribution >= 0.6 is 0 Å². The van der Waals surface area contributed by atoms with Crippen molar-refractivity contribution in [2.24, 2.45) is 0 Å². The van der Waals surface area contributed by atoms with Crippen LogP contribution in [0.4, 0.5) is 4.79 Å².